The standard InChI is InChI=1S/C12H18BrN3OS2/c1-18-12(11(14)15-17)2-4-16(5-3-12)7-10-6-9(13)8-19-10/h6,8,17H,2-5,7H2,1H3,(H2,14,15). The van der Waals surface area contributed by atoms with Crippen molar-refractivity contribution in [2.24, 2.45) is 10.9 Å². The molecule has 2 heterocycles. The van der Waals surface area contributed by atoms with Crippen molar-refractivity contribution in [1.82, 2.24) is 4.90 Å². The summed E-state index contributed by atoms with van der Waals surface area (Å²) >= 11 is 6.95. The summed E-state index contributed by atoms with van der Waals surface area (Å²) in [5, 5.41) is 14.3. The summed E-state index contributed by atoms with van der Waals surface area (Å²) in [7, 11) is 0. The van der Waals surface area contributed by atoms with Crippen molar-refractivity contribution < 1.29 is 5.21 Å². The molecule has 3 N–H and O–H groups in total. The van der Waals surface area contributed by atoms with E-state index in [9.17, 15) is 0 Å². The van der Waals surface area contributed by atoms with Gasteiger partial charge in [0.05, 0.1) is 4.75 Å². The number of hydrogen-bond acceptors (Lipinski definition) is 5. The lowest BCUT2D eigenvalue weighted by Crippen LogP contribution is -2.49. The zero-order chi connectivity index (χ0) is 13.9. The number of likely N-dealkylation sites (tertiary alicyclic amines) is 1. The largest absolute Gasteiger partial charge is 0.409 e. The second-order valence-electron chi connectivity index (χ2n) is 4.69. The average molecular weight is 364 g/mol. The average Bonchev–Trinajstić information content (AvgIpc) is 2.84. The van der Waals surface area contributed by atoms with E-state index in [-0.39, 0.29) is 4.75 Å². The second kappa shape index (κ2) is 6.47. The zero-order valence-electron chi connectivity index (χ0n) is 10.8. The Bertz CT molecular complexity index is 456. The summed E-state index contributed by atoms with van der Waals surface area (Å²) in [6, 6.07) is 2.17. The van der Waals surface area contributed by atoms with Crippen LogP contribution in [0.25, 0.3) is 0 Å². The number of oxime groups is 1. The summed E-state index contributed by atoms with van der Waals surface area (Å²) in [5.41, 5.74) is 5.85. The number of rotatable bonds is 4. The monoisotopic (exact) mass is 363 g/mol. The van der Waals surface area contributed by atoms with Gasteiger partial charge in [-0.15, -0.1) is 11.3 Å². The number of piperidine rings is 1. The fourth-order valence-electron chi connectivity index (χ4n) is 2.39. The second-order valence-corrected chi connectivity index (χ2v) is 7.79. The molecule has 0 atom stereocenters. The van der Waals surface area contributed by atoms with Gasteiger partial charge in [-0.05, 0) is 41.1 Å². The van der Waals surface area contributed by atoms with Crippen molar-refractivity contribution in [3.05, 3.63) is 20.8 Å². The van der Waals surface area contributed by atoms with Gasteiger partial charge in [0, 0.05) is 34.4 Å². The van der Waals surface area contributed by atoms with Crippen LogP contribution in [0.4, 0.5) is 0 Å². The molecule has 0 spiro atoms. The number of nitrogens with two attached hydrogens (primary N) is 1. The highest BCUT2D eigenvalue weighted by molar-refractivity contribution is 9.10. The van der Waals surface area contributed by atoms with E-state index in [0.717, 1.165) is 36.9 Å². The smallest absolute Gasteiger partial charge is 0.155 e. The first-order valence-electron chi connectivity index (χ1n) is 6.08. The van der Waals surface area contributed by atoms with Crippen LogP contribution in [0.1, 0.15) is 17.7 Å². The van der Waals surface area contributed by atoms with Gasteiger partial charge in [0.25, 0.3) is 0 Å². The van der Waals surface area contributed by atoms with E-state index in [1.165, 1.54) is 4.88 Å². The minimum Gasteiger partial charge on any atom is -0.409 e. The Morgan fingerprint density at radius 2 is 2.32 bits per heavy atom. The molecule has 19 heavy (non-hydrogen) atoms. The molecule has 4 nitrogen and oxygen atoms in total. The van der Waals surface area contributed by atoms with Crippen molar-refractivity contribution in [3.8, 4) is 0 Å². The molecule has 1 aliphatic rings. The summed E-state index contributed by atoms with van der Waals surface area (Å²) in [6.45, 7) is 2.94. The molecule has 106 valence electrons. The lowest BCUT2D eigenvalue weighted by molar-refractivity contribution is 0.211. The Morgan fingerprint density at radius 1 is 1.63 bits per heavy atom. The molecule has 1 fully saturated rings. The first-order chi connectivity index (χ1) is 9.09. The molecule has 0 amide bonds. The number of thiophene rings is 1. The molecule has 1 saturated heterocycles. The summed E-state index contributed by atoms with van der Waals surface area (Å²) in [5.74, 6) is 0.360. The summed E-state index contributed by atoms with van der Waals surface area (Å²) in [4.78, 5) is 3.80. The molecule has 0 radical (unpaired) electrons. The van der Waals surface area contributed by atoms with Gasteiger partial charge in [-0.2, -0.15) is 11.8 Å². The highest BCUT2D eigenvalue weighted by Gasteiger charge is 2.38. The van der Waals surface area contributed by atoms with E-state index in [1.54, 1.807) is 23.1 Å². The Labute approximate surface area is 130 Å². The van der Waals surface area contributed by atoms with E-state index in [0.29, 0.717) is 5.84 Å². The quantitative estimate of drug-likeness (QED) is 0.373. The van der Waals surface area contributed by atoms with E-state index in [1.807, 2.05) is 6.26 Å². The topological polar surface area (TPSA) is 61.9 Å². The van der Waals surface area contributed by atoms with Gasteiger partial charge < -0.3 is 10.9 Å². The third-order valence-corrected chi connectivity index (χ3v) is 6.71. The Hall–Kier alpha value is -0.240. The predicted molar refractivity (Wildman–Crippen MR) is 86.2 cm³/mol. The Morgan fingerprint density at radius 3 is 2.79 bits per heavy atom. The van der Waals surface area contributed by atoms with E-state index in [2.05, 4.69) is 37.4 Å². The molecule has 0 unspecified atom stereocenters. The van der Waals surface area contributed by atoms with Crippen LogP contribution in [0.2, 0.25) is 0 Å². The van der Waals surface area contributed by atoms with Gasteiger partial charge in [0.1, 0.15) is 0 Å². The molecule has 1 aromatic heterocycles. The first-order valence-corrected chi connectivity index (χ1v) is 8.98. The summed E-state index contributed by atoms with van der Waals surface area (Å²) in [6.07, 6.45) is 3.89. The van der Waals surface area contributed by atoms with Crippen molar-refractivity contribution in [2.45, 2.75) is 24.1 Å². The van der Waals surface area contributed by atoms with E-state index < -0.39 is 0 Å². The number of nitrogens with zero attached hydrogens (tertiary/aromatic N) is 2. The van der Waals surface area contributed by atoms with Crippen LogP contribution in [0.5, 0.6) is 0 Å². The molecule has 0 aliphatic carbocycles. The molecule has 0 bridgehead atoms. The fraction of sp³-hybridized carbons (Fsp3) is 0.583. The molecular weight excluding hydrogens is 346 g/mol. The molecular formula is C12H18BrN3OS2. The van der Waals surface area contributed by atoms with Crippen molar-refractivity contribution in [3.63, 3.8) is 0 Å². The molecule has 1 aliphatic heterocycles. The number of thioether (sulfide) groups is 1. The maximum atomic E-state index is 8.92. The van der Waals surface area contributed by atoms with Gasteiger partial charge in [-0.1, -0.05) is 5.16 Å². The van der Waals surface area contributed by atoms with Gasteiger partial charge in [0.2, 0.25) is 0 Å². The van der Waals surface area contributed by atoms with Crippen LogP contribution in [0.3, 0.4) is 0 Å². The van der Waals surface area contributed by atoms with E-state index >= 15 is 0 Å². The minimum atomic E-state index is -0.193. The van der Waals surface area contributed by atoms with Gasteiger partial charge in [-0.25, -0.2) is 0 Å². The first kappa shape index (κ1) is 15.2. The Balaban J connectivity index is 1.95. The highest BCUT2D eigenvalue weighted by Crippen LogP contribution is 2.35. The fourth-order valence-corrected chi connectivity index (χ4v) is 4.72. The lowest BCUT2D eigenvalue weighted by atomic mass is 9.94. The van der Waals surface area contributed by atoms with Gasteiger partial charge in [0.15, 0.2) is 5.84 Å². The SMILES string of the molecule is CSC1(C(N)=NO)CCN(Cc2cc(Br)cs2)CC1. The van der Waals surface area contributed by atoms with Crippen LogP contribution < -0.4 is 5.73 Å². The maximum absolute atomic E-state index is 8.92. The molecule has 0 aromatic carbocycles. The Kier molecular flexibility index (Phi) is 5.16. The van der Waals surface area contributed by atoms with Crippen molar-refractivity contribution >= 4 is 44.9 Å². The van der Waals surface area contributed by atoms with Crippen LogP contribution >= 0.6 is 39.0 Å². The normalized spacial score (nSPS) is 20.6. The van der Waals surface area contributed by atoms with Crippen LogP contribution in [0.15, 0.2) is 21.1 Å². The van der Waals surface area contributed by atoms with Crippen LogP contribution in [-0.4, -0.2) is 40.0 Å². The third kappa shape index (κ3) is 3.45. The van der Waals surface area contributed by atoms with Crippen molar-refractivity contribution in [1.29, 1.82) is 0 Å². The molecule has 1 aromatic rings. The predicted octanol–water partition coefficient (Wildman–Crippen LogP) is 2.95. The van der Waals surface area contributed by atoms with Crippen LogP contribution in [-0.2, 0) is 6.54 Å². The molecule has 7 heteroatoms. The number of halogens is 1. The van der Waals surface area contributed by atoms with Gasteiger partial charge >= 0.3 is 0 Å². The van der Waals surface area contributed by atoms with E-state index in [4.69, 9.17) is 10.9 Å². The number of hydrogen-bond donors (Lipinski definition) is 2. The van der Waals surface area contributed by atoms with Crippen molar-refractivity contribution in [2.75, 3.05) is 19.3 Å². The summed E-state index contributed by atoms with van der Waals surface area (Å²) < 4.78 is 0.959. The highest BCUT2D eigenvalue weighted by atomic mass is 79.9. The zero-order valence-corrected chi connectivity index (χ0v) is 14.0. The third-order valence-electron chi connectivity index (χ3n) is 3.63. The molecule has 0 saturated carbocycles. The lowest BCUT2D eigenvalue weighted by Gasteiger charge is -2.39. The van der Waals surface area contributed by atoms with Gasteiger partial charge in [-0.3, -0.25) is 4.90 Å². The minimum absolute atomic E-state index is 0.193. The van der Waals surface area contributed by atoms with Crippen LogP contribution in [0, 0.1) is 0 Å². The maximum Gasteiger partial charge on any atom is 0.155 e. The number of amidine groups is 1. The molecule has 2 rings (SSSR count).